The van der Waals surface area contributed by atoms with Crippen LogP contribution in [0.5, 0.6) is 11.5 Å². The average molecular weight is 719 g/mol. The van der Waals surface area contributed by atoms with Crippen LogP contribution < -0.4 is 9.47 Å². The van der Waals surface area contributed by atoms with Crippen molar-refractivity contribution in [3.8, 4) is 11.5 Å². The van der Waals surface area contributed by atoms with Crippen LogP contribution in [0.15, 0.2) is 8.95 Å². The molecule has 2 aromatic rings. The van der Waals surface area contributed by atoms with E-state index >= 15 is 0 Å². The molecule has 0 aliphatic carbocycles. The first kappa shape index (κ1) is 36.8. The number of nitrogens with zero attached hydrogens (tertiary/aromatic N) is 2. The highest BCUT2D eigenvalue weighted by Gasteiger charge is 2.22. The molecule has 0 amide bonds. The Morgan fingerprint density at radius 1 is 0.439 bits per heavy atom. The lowest BCUT2D eigenvalue weighted by Gasteiger charge is -2.16. The lowest BCUT2D eigenvalue weighted by Crippen LogP contribution is -2.05. The quantitative estimate of drug-likeness (QED) is 0.0822. The second-order valence-corrected chi connectivity index (χ2v) is 13.8. The van der Waals surface area contributed by atoms with Gasteiger partial charge in [-0.2, -0.15) is 8.75 Å². The van der Waals surface area contributed by atoms with Crippen molar-refractivity contribution in [3.05, 3.63) is 8.95 Å². The summed E-state index contributed by atoms with van der Waals surface area (Å²) in [4.78, 5) is 0. The first-order valence-corrected chi connectivity index (χ1v) is 19.4. The molecule has 0 fully saturated rings. The molecule has 0 aliphatic rings. The Kier molecular flexibility index (Phi) is 22.4. The van der Waals surface area contributed by atoms with Crippen LogP contribution in [0.3, 0.4) is 0 Å². The molecule has 4 nitrogen and oxygen atoms in total. The number of aromatic nitrogens is 2. The molecular formula is C34H58Br2N2O2S. The van der Waals surface area contributed by atoms with Crippen molar-refractivity contribution in [2.75, 3.05) is 13.2 Å². The van der Waals surface area contributed by atoms with E-state index in [0.717, 1.165) is 44.3 Å². The standard InChI is InChI=1S/C34H58Br2N2O2S/c1-3-5-7-9-11-13-15-17-19-21-23-25-27-39-33-29(35)31-32(38-41-37-31)30(36)34(33)40-28-26-24-22-20-18-16-14-12-10-8-6-4-2/h3-28H2,1-2H3. The molecule has 7 heteroatoms. The number of hydrogen-bond acceptors (Lipinski definition) is 5. The van der Waals surface area contributed by atoms with Crippen LogP contribution in [-0.4, -0.2) is 22.0 Å². The van der Waals surface area contributed by atoms with Gasteiger partial charge in [-0.1, -0.05) is 155 Å². The second-order valence-electron chi connectivity index (χ2n) is 11.7. The number of fused-ring (bicyclic) bond motifs is 1. The minimum atomic E-state index is 0.695. The zero-order chi connectivity index (χ0) is 29.4. The normalized spacial score (nSPS) is 11.5. The lowest BCUT2D eigenvalue weighted by molar-refractivity contribution is 0.256. The fourth-order valence-electron chi connectivity index (χ4n) is 5.38. The predicted octanol–water partition coefficient (Wildman–Crippen LogP) is 13.4. The summed E-state index contributed by atoms with van der Waals surface area (Å²) in [6.45, 7) is 5.96. The van der Waals surface area contributed by atoms with E-state index in [1.165, 1.54) is 153 Å². The Morgan fingerprint density at radius 2 is 0.707 bits per heavy atom. The van der Waals surface area contributed by atoms with Crippen molar-refractivity contribution in [1.29, 1.82) is 0 Å². The minimum Gasteiger partial charge on any atom is -0.488 e. The maximum Gasteiger partial charge on any atom is 0.178 e. The van der Waals surface area contributed by atoms with Crippen molar-refractivity contribution in [2.24, 2.45) is 0 Å². The fourth-order valence-corrected chi connectivity index (χ4v) is 7.32. The highest BCUT2D eigenvalue weighted by Crippen LogP contribution is 2.47. The molecule has 1 heterocycles. The summed E-state index contributed by atoms with van der Waals surface area (Å²) in [6, 6.07) is 0. The number of hydrogen-bond donors (Lipinski definition) is 0. The van der Waals surface area contributed by atoms with E-state index in [2.05, 4.69) is 54.5 Å². The summed E-state index contributed by atoms with van der Waals surface area (Å²) in [5.41, 5.74) is 1.67. The lowest BCUT2D eigenvalue weighted by atomic mass is 10.1. The third kappa shape index (κ3) is 15.8. The Labute approximate surface area is 273 Å². The molecule has 0 N–H and O–H groups in total. The van der Waals surface area contributed by atoms with Crippen LogP contribution >= 0.6 is 43.6 Å². The number of unbranched alkanes of at least 4 members (excludes halogenated alkanes) is 22. The SMILES string of the molecule is CCCCCCCCCCCCCCOc1c(OCCCCCCCCCCCCCC)c(Br)c2nsnc2c1Br. The van der Waals surface area contributed by atoms with Gasteiger partial charge in [-0.25, -0.2) is 0 Å². The van der Waals surface area contributed by atoms with Crippen LogP contribution in [-0.2, 0) is 0 Å². The van der Waals surface area contributed by atoms with Gasteiger partial charge in [0.25, 0.3) is 0 Å². The van der Waals surface area contributed by atoms with Gasteiger partial charge in [0.05, 0.1) is 33.9 Å². The molecule has 41 heavy (non-hydrogen) atoms. The molecule has 0 atom stereocenters. The fraction of sp³-hybridized carbons (Fsp3) is 0.824. The highest BCUT2D eigenvalue weighted by atomic mass is 79.9. The van der Waals surface area contributed by atoms with Crippen LogP contribution in [0.4, 0.5) is 0 Å². The van der Waals surface area contributed by atoms with Crippen LogP contribution in [0.1, 0.15) is 168 Å². The Balaban J connectivity index is 1.64. The van der Waals surface area contributed by atoms with Gasteiger partial charge in [0.1, 0.15) is 11.0 Å². The van der Waals surface area contributed by atoms with Gasteiger partial charge in [0.15, 0.2) is 11.5 Å². The minimum absolute atomic E-state index is 0.695. The summed E-state index contributed by atoms with van der Waals surface area (Å²) in [7, 11) is 0. The van der Waals surface area contributed by atoms with Gasteiger partial charge < -0.3 is 9.47 Å². The summed E-state index contributed by atoms with van der Waals surface area (Å²) in [5, 5.41) is 0. The molecule has 0 aliphatic heterocycles. The van der Waals surface area contributed by atoms with Crippen molar-refractivity contribution in [1.82, 2.24) is 8.75 Å². The Morgan fingerprint density at radius 3 is 1.00 bits per heavy atom. The van der Waals surface area contributed by atoms with E-state index < -0.39 is 0 Å². The van der Waals surface area contributed by atoms with Crippen LogP contribution in [0.2, 0.25) is 0 Å². The molecule has 0 spiro atoms. The van der Waals surface area contributed by atoms with Gasteiger partial charge in [-0.15, -0.1) is 0 Å². The van der Waals surface area contributed by atoms with Crippen molar-refractivity contribution in [3.63, 3.8) is 0 Å². The van der Waals surface area contributed by atoms with Crippen molar-refractivity contribution >= 4 is 54.6 Å². The second kappa shape index (κ2) is 25.0. The third-order valence-electron chi connectivity index (χ3n) is 8.00. The van der Waals surface area contributed by atoms with Gasteiger partial charge in [-0.05, 0) is 44.7 Å². The number of halogens is 2. The molecule has 0 saturated carbocycles. The summed E-state index contributed by atoms with van der Waals surface area (Å²) in [5.74, 6) is 1.53. The van der Waals surface area contributed by atoms with Crippen molar-refractivity contribution in [2.45, 2.75) is 168 Å². The summed E-state index contributed by atoms with van der Waals surface area (Å²) >= 11 is 8.71. The van der Waals surface area contributed by atoms with E-state index in [9.17, 15) is 0 Å². The van der Waals surface area contributed by atoms with Gasteiger partial charge in [0.2, 0.25) is 0 Å². The largest absolute Gasteiger partial charge is 0.488 e. The van der Waals surface area contributed by atoms with E-state index in [4.69, 9.17) is 9.47 Å². The van der Waals surface area contributed by atoms with E-state index in [1.807, 2.05) is 0 Å². The third-order valence-corrected chi connectivity index (χ3v) is 10.00. The molecule has 236 valence electrons. The Bertz CT molecular complexity index is 838. The molecule has 1 aromatic carbocycles. The molecule has 0 unspecified atom stereocenters. The Hall–Kier alpha value is -0.400. The van der Waals surface area contributed by atoms with Gasteiger partial charge >= 0.3 is 0 Å². The number of rotatable bonds is 28. The molecule has 1 aromatic heterocycles. The van der Waals surface area contributed by atoms with E-state index in [-0.39, 0.29) is 0 Å². The maximum absolute atomic E-state index is 6.32. The van der Waals surface area contributed by atoms with Crippen molar-refractivity contribution < 1.29 is 9.47 Å². The molecular weight excluding hydrogens is 660 g/mol. The van der Waals surface area contributed by atoms with Crippen LogP contribution in [0, 0.1) is 0 Å². The van der Waals surface area contributed by atoms with Gasteiger partial charge in [0, 0.05) is 0 Å². The summed E-state index contributed by atoms with van der Waals surface area (Å²) in [6.07, 6.45) is 32.2. The average Bonchev–Trinajstić information content (AvgIpc) is 3.48. The predicted molar refractivity (Wildman–Crippen MR) is 186 cm³/mol. The first-order chi connectivity index (χ1) is 20.2. The smallest absolute Gasteiger partial charge is 0.178 e. The van der Waals surface area contributed by atoms with E-state index in [1.54, 1.807) is 0 Å². The molecule has 2 rings (SSSR count). The van der Waals surface area contributed by atoms with E-state index in [0.29, 0.717) is 13.2 Å². The number of benzene rings is 1. The highest BCUT2D eigenvalue weighted by molar-refractivity contribution is 9.11. The molecule has 0 radical (unpaired) electrons. The number of ether oxygens (including phenoxy) is 2. The monoisotopic (exact) mass is 716 g/mol. The first-order valence-electron chi connectivity index (χ1n) is 17.1. The molecule has 0 bridgehead atoms. The zero-order valence-electron chi connectivity index (χ0n) is 26.3. The topological polar surface area (TPSA) is 44.2 Å². The van der Waals surface area contributed by atoms with Crippen LogP contribution in [0.25, 0.3) is 11.0 Å². The summed E-state index contributed by atoms with van der Waals surface area (Å²) < 4.78 is 23.3. The zero-order valence-corrected chi connectivity index (χ0v) is 30.2. The van der Waals surface area contributed by atoms with Gasteiger partial charge in [-0.3, -0.25) is 0 Å². The maximum atomic E-state index is 6.32. The molecule has 0 saturated heterocycles.